The fraction of sp³-hybridized carbons (Fsp3) is 0.423. The van der Waals surface area contributed by atoms with E-state index in [1.165, 1.54) is 11.1 Å². The third kappa shape index (κ3) is 3.49. The Morgan fingerprint density at radius 3 is 2.56 bits per heavy atom. The van der Waals surface area contributed by atoms with Gasteiger partial charge in [0, 0.05) is 40.1 Å². The van der Waals surface area contributed by atoms with Crippen molar-refractivity contribution in [2.45, 2.75) is 50.2 Å². The number of hydrogen-bond donors (Lipinski definition) is 1. The van der Waals surface area contributed by atoms with Crippen LogP contribution in [0.5, 0.6) is 5.75 Å². The molecule has 3 amide bonds. The Hall–Kier alpha value is -2.90. The highest BCUT2D eigenvalue weighted by molar-refractivity contribution is 6.30. The number of carbonyl (C=O) groups is 3. The molecule has 1 atom stereocenters. The van der Waals surface area contributed by atoms with Crippen LogP contribution in [-0.2, 0) is 28.1 Å². The normalized spacial score (nSPS) is 23.6. The molecule has 8 heteroatoms. The van der Waals surface area contributed by atoms with E-state index >= 15 is 0 Å². The SMILES string of the molecule is O=C1CCC(N2Cc3c(ccc4c3OCC43CCN(Cc4ccc(Cl)cc4)CC3)C2=O)C(=O)N1. The van der Waals surface area contributed by atoms with Crippen molar-refractivity contribution in [3.63, 3.8) is 0 Å². The molecule has 2 aromatic rings. The predicted octanol–water partition coefficient (Wildman–Crippen LogP) is 3.03. The molecule has 1 spiro atoms. The molecule has 0 aliphatic carbocycles. The third-order valence-electron chi connectivity index (χ3n) is 7.86. The highest BCUT2D eigenvalue weighted by Gasteiger charge is 2.47. The molecule has 6 rings (SSSR count). The summed E-state index contributed by atoms with van der Waals surface area (Å²) < 4.78 is 6.26. The second-order valence-electron chi connectivity index (χ2n) is 9.84. The van der Waals surface area contributed by atoms with Gasteiger partial charge in [-0.3, -0.25) is 24.6 Å². The number of imide groups is 1. The number of piperidine rings is 2. The van der Waals surface area contributed by atoms with Crippen LogP contribution in [0.1, 0.15) is 52.7 Å². The van der Waals surface area contributed by atoms with Crippen LogP contribution in [0.15, 0.2) is 36.4 Å². The van der Waals surface area contributed by atoms with Crippen molar-refractivity contribution in [2.75, 3.05) is 19.7 Å². The molecule has 176 valence electrons. The average molecular weight is 480 g/mol. The molecular formula is C26H26ClN3O4. The lowest BCUT2D eigenvalue weighted by Gasteiger charge is -2.38. The molecule has 2 saturated heterocycles. The number of halogens is 1. The fourth-order valence-corrected chi connectivity index (χ4v) is 6.01. The number of fused-ring (bicyclic) bond motifs is 4. The van der Waals surface area contributed by atoms with Crippen molar-refractivity contribution < 1.29 is 19.1 Å². The largest absolute Gasteiger partial charge is 0.492 e. The molecular weight excluding hydrogens is 454 g/mol. The number of benzene rings is 2. The summed E-state index contributed by atoms with van der Waals surface area (Å²) in [7, 11) is 0. The van der Waals surface area contributed by atoms with Crippen molar-refractivity contribution in [2.24, 2.45) is 0 Å². The van der Waals surface area contributed by atoms with Crippen molar-refractivity contribution in [1.29, 1.82) is 0 Å². The zero-order valence-electron chi connectivity index (χ0n) is 18.8. The lowest BCUT2D eigenvalue weighted by Crippen LogP contribution is -2.52. The number of rotatable bonds is 3. The lowest BCUT2D eigenvalue weighted by molar-refractivity contribution is -0.136. The van der Waals surface area contributed by atoms with Crippen LogP contribution in [0.25, 0.3) is 0 Å². The number of likely N-dealkylation sites (tertiary alicyclic amines) is 1. The molecule has 4 aliphatic heterocycles. The van der Waals surface area contributed by atoms with Crippen molar-refractivity contribution in [3.05, 3.63) is 63.7 Å². The van der Waals surface area contributed by atoms with Gasteiger partial charge in [-0.05, 0) is 56.1 Å². The van der Waals surface area contributed by atoms with Gasteiger partial charge in [0.05, 0.1) is 13.2 Å². The van der Waals surface area contributed by atoms with E-state index in [1.54, 1.807) is 4.90 Å². The number of amides is 3. The molecule has 0 aromatic heterocycles. The van der Waals surface area contributed by atoms with Gasteiger partial charge in [0.25, 0.3) is 5.91 Å². The first-order valence-electron chi connectivity index (χ1n) is 11.8. The summed E-state index contributed by atoms with van der Waals surface area (Å²) in [5, 5.41) is 3.12. The van der Waals surface area contributed by atoms with Gasteiger partial charge >= 0.3 is 0 Å². The number of ether oxygens (including phenoxy) is 1. The molecule has 4 heterocycles. The maximum Gasteiger partial charge on any atom is 0.255 e. The Bertz CT molecular complexity index is 1190. The van der Waals surface area contributed by atoms with Gasteiger partial charge in [0.1, 0.15) is 11.8 Å². The summed E-state index contributed by atoms with van der Waals surface area (Å²) in [6.07, 6.45) is 2.61. The quantitative estimate of drug-likeness (QED) is 0.685. The first-order valence-corrected chi connectivity index (χ1v) is 12.2. The average Bonchev–Trinajstić information content (AvgIpc) is 3.35. The number of hydrogen-bond acceptors (Lipinski definition) is 5. The van der Waals surface area contributed by atoms with Gasteiger partial charge in [-0.15, -0.1) is 0 Å². The molecule has 34 heavy (non-hydrogen) atoms. The molecule has 0 radical (unpaired) electrons. The van der Waals surface area contributed by atoms with Crippen LogP contribution in [0.2, 0.25) is 5.02 Å². The van der Waals surface area contributed by atoms with E-state index in [0.29, 0.717) is 25.1 Å². The highest BCUT2D eigenvalue weighted by Crippen LogP contribution is 2.49. The maximum absolute atomic E-state index is 13.1. The summed E-state index contributed by atoms with van der Waals surface area (Å²) in [6.45, 7) is 3.83. The topological polar surface area (TPSA) is 79.0 Å². The van der Waals surface area contributed by atoms with Gasteiger partial charge < -0.3 is 9.64 Å². The second kappa shape index (κ2) is 8.10. The molecule has 7 nitrogen and oxygen atoms in total. The summed E-state index contributed by atoms with van der Waals surface area (Å²) in [5.74, 6) is -0.0000842. The van der Waals surface area contributed by atoms with Crippen molar-refractivity contribution in [3.8, 4) is 5.75 Å². The molecule has 1 unspecified atom stereocenters. The molecule has 4 aliphatic rings. The van der Waals surface area contributed by atoms with E-state index in [9.17, 15) is 14.4 Å². The minimum Gasteiger partial charge on any atom is -0.492 e. The van der Waals surface area contributed by atoms with Crippen LogP contribution in [0.4, 0.5) is 0 Å². The Morgan fingerprint density at radius 1 is 1.06 bits per heavy atom. The van der Waals surface area contributed by atoms with Gasteiger partial charge in [-0.2, -0.15) is 0 Å². The summed E-state index contributed by atoms with van der Waals surface area (Å²) >= 11 is 6.01. The second-order valence-corrected chi connectivity index (χ2v) is 10.3. The lowest BCUT2D eigenvalue weighted by atomic mass is 9.74. The van der Waals surface area contributed by atoms with E-state index in [4.69, 9.17) is 16.3 Å². The zero-order valence-corrected chi connectivity index (χ0v) is 19.6. The molecule has 0 bridgehead atoms. The number of nitrogens with one attached hydrogen (secondary N) is 1. The van der Waals surface area contributed by atoms with E-state index in [2.05, 4.69) is 28.4 Å². The molecule has 2 aromatic carbocycles. The van der Waals surface area contributed by atoms with E-state index in [-0.39, 0.29) is 29.6 Å². The Labute approximate surface area is 203 Å². The molecule has 1 N–H and O–H groups in total. The minimum atomic E-state index is -0.611. The first kappa shape index (κ1) is 21.6. The Morgan fingerprint density at radius 2 is 1.82 bits per heavy atom. The molecule has 0 saturated carbocycles. The summed E-state index contributed by atoms with van der Waals surface area (Å²) in [4.78, 5) is 41.1. The van der Waals surface area contributed by atoms with Gasteiger partial charge in [-0.25, -0.2) is 0 Å². The first-order chi connectivity index (χ1) is 16.4. The number of nitrogens with zero attached hydrogens (tertiary/aromatic N) is 2. The van der Waals surface area contributed by atoms with Gasteiger partial charge in [-0.1, -0.05) is 29.8 Å². The number of carbonyl (C=O) groups excluding carboxylic acids is 3. The highest BCUT2D eigenvalue weighted by atomic mass is 35.5. The Balaban J connectivity index is 1.19. The summed E-state index contributed by atoms with van der Waals surface area (Å²) in [6, 6.07) is 11.4. The summed E-state index contributed by atoms with van der Waals surface area (Å²) in [5.41, 5.74) is 3.91. The third-order valence-corrected chi connectivity index (χ3v) is 8.12. The predicted molar refractivity (Wildman–Crippen MR) is 126 cm³/mol. The van der Waals surface area contributed by atoms with Crippen molar-refractivity contribution in [1.82, 2.24) is 15.1 Å². The van der Waals surface area contributed by atoms with Crippen LogP contribution in [-0.4, -0.2) is 53.3 Å². The van der Waals surface area contributed by atoms with Crippen LogP contribution in [0, 0.1) is 0 Å². The smallest absolute Gasteiger partial charge is 0.255 e. The monoisotopic (exact) mass is 479 g/mol. The Kier molecular flexibility index (Phi) is 5.15. The van der Waals surface area contributed by atoms with E-state index < -0.39 is 6.04 Å². The molecule has 2 fully saturated rings. The zero-order chi connectivity index (χ0) is 23.4. The standard InChI is InChI=1S/C26H26ClN3O4/c27-17-3-1-16(2-4-17)13-29-11-9-26(10-12-29)15-34-23-19-14-30(21-7-8-22(31)28-24(21)32)25(33)18(19)5-6-20(23)26/h1-6,21H,7-15H2,(H,28,31,32). The fourth-order valence-electron chi connectivity index (χ4n) is 5.88. The minimum absolute atomic E-state index is 0.0358. The van der Waals surface area contributed by atoms with Crippen LogP contribution >= 0.6 is 11.6 Å². The van der Waals surface area contributed by atoms with Gasteiger partial charge in [0.2, 0.25) is 11.8 Å². The maximum atomic E-state index is 13.1. The van der Waals surface area contributed by atoms with Gasteiger partial charge in [0.15, 0.2) is 0 Å². The van der Waals surface area contributed by atoms with E-state index in [0.717, 1.165) is 48.8 Å². The van der Waals surface area contributed by atoms with Crippen molar-refractivity contribution >= 4 is 29.3 Å². The van der Waals surface area contributed by atoms with Crippen LogP contribution in [0.3, 0.4) is 0 Å². The van der Waals surface area contributed by atoms with E-state index in [1.807, 2.05) is 18.2 Å². The van der Waals surface area contributed by atoms with Crippen LogP contribution < -0.4 is 10.1 Å².